The number of carbonyl (C=O) groups excluding carboxylic acids is 1. The summed E-state index contributed by atoms with van der Waals surface area (Å²) >= 11 is 0. The van der Waals surface area contributed by atoms with E-state index < -0.39 is 0 Å². The van der Waals surface area contributed by atoms with Crippen molar-refractivity contribution in [3.8, 4) is 6.07 Å². The molecule has 1 aliphatic heterocycles. The summed E-state index contributed by atoms with van der Waals surface area (Å²) in [5, 5.41) is 11.4. The number of rotatable bonds is 3. The molecule has 5 heteroatoms. The van der Waals surface area contributed by atoms with Crippen molar-refractivity contribution in [1.82, 2.24) is 10.3 Å². The van der Waals surface area contributed by atoms with Gasteiger partial charge >= 0.3 is 0 Å². The lowest BCUT2D eigenvalue weighted by atomic mass is 10.1. The van der Waals surface area contributed by atoms with Gasteiger partial charge in [-0.3, -0.25) is 4.79 Å². The molecule has 1 saturated heterocycles. The number of nitrogens with zero attached hydrogens (tertiary/aromatic N) is 2. The summed E-state index contributed by atoms with van der Waals surface area (Å²) in [6.45, 7) is 1.29. The van der Waals surface area contributed by atoms with E-state index in [2.05, 4.69) is 10.3 Å². The first-order valence-corrected chi connectivity index (χ1v) is 6.05. The van der Waals surface area contributed by atoms with E-state index in [0.29, 0.717) is 17.8 Å². The molecule has 1 N–H and O–H groups in total. The number of aromatic nitrogens is 1. The molecule has 2 rings (SSSR count). The molecule has 5 nitrogen and oxygen atoms in total. The first-order valence-electron chi connectivity index (χ1n) is 6.05. The highest BCUT2D eigenvalue weighted by molar-refractivity contribution is 5.92. The number of hydrogen-bond acceptors (Lipinski definition) is 4. The Morgan fingerprint density at radius 2 is 2.44 bits per heavy atom. The molecule has 0 saturated carbocycles. The van der Waals surface area contributed by atoms with E-state index in [9.17, 15) is 4.79 Å². The van der Waals surface area contributed by atoms with Crippen LogP contribution in [0.25, 0.3) is 0 Å². The average Bonchev–Trinajstić information content (AvgIpc) is 2.46. The Morgan fingerprint density at radius 3 is 3.06 bits per heavy atom. The lowest BCUT2D eigenvalue weighted by Gasteiger charge is -2.22. The van der Waals surface area contributed by atoms with Gasteiger partial charge in [0.1, 0.15) is 11.8 Å². The first-order chi connectivity index (χ1) is 8.79. The fourth-order valence-corrected chi connectivity index (χ4v) is 1.86. The monoisotopic (exact) mass is 245 g/mol. The van der Waals surface area contributed by atoms with Gasteiger partial charge in [0.25, 0.3) is 5.91 Å². The standard InChI is InChI=1S/C13H15N3O2/c14-7-10-4-5-12(15-8-10)13(17)16-9-11-3-1-2-6-18-11/h4-5,8,11H,1-3,6,9H2,(H,16,17). The Kier molecular flexibility index (Phi) is 4.26. The zero-order valence-electron chi connectivity index (χ0n) is 10.1. The minimum absolute atomic E-state index is 0.112. The van der Waals surface area contributed by atoms with Gasteiger partial charge in [0, 0.05) is 19.3 Å². The van der Waals surface area contributed by atoms with Crippen LogP contribution in [0.15, 0.2) is 18.3 Å². The number of ether oxygens (including phenoxy) is 1. The van der Waals surface area contributed by atoms with Crippen molar-refractivity contribution in [3.63, 3.8) is 0 Å². The topological polar surface area (TPSA) is 75.0 Å². The third-order valence-corrected chi connectivity index (χ3v) is 2.89. The molecule has 1 aromatic heterocycles. The number of nitriles is 1. The Hall–Kier alpha value is -1.93. The molecule has 0 spiro atoms. The summed E-state index contributed by atoms with van der Waals surface area (Å²) < 4.78 is 5.52. The van der Waals surface area contributed by atoms with E-state index in [1.807, 2.05) is 6.07 Å². The number of carbonyl (C=O) groups is 1. The van der Waals surface area contributed by atoms with Crippen LogP contribution in [-0.2, 0) is 4.74 Å². The Balaban J connectivity index is 1.85. The van der Waals surface area contributed by atoms with Crippen LogP contribution in [0.5, 0.6) is 0 Å². The van der Waals surface area contributed by atoms with Gasteiger partial charge in [-0.1, -0.05) is 0 Å². The number of hydrogen-bond donors (Lipinski definition) is 1. The normalized spacial score (nSPS) is 18.9. The fourth-order valence-electron chi connectivity index (χ4n) is 1.86. The molecule has 0 bridgehead atoms. The van der Waals surface area contributed by atoms with Crippen LogP contribution < -0.4 is 5.32 Å². The quantitative estimate of drug-likeness (QED) is 0.869. The lowest BCUT2D eigenvalue weighted by molar-refractivity contribution is 0.0168. The minimum Gasteiger partial charge on any atom is -0.376 e. The van der Waals surface area contributed by atoms with E-state index in [0.717, 1.165) is 25.9 Å². The second-order valence-electron chi connectivity index (χ2n) is 4.24. The van der Waals surface area contributed by atoms with Crippen molar-refractivity contribution in [1.29, 1.82) is 5.26 Å². The molecule has 0 aliphatic carbocycles. The summed E-state index contributed by atoms with van der Waals surface area (Å²) in [5.41, 5.74) is 0.770. The van der Waals surface area contributed by atoms with Crippen LogP contribution in [0, 0.1) is 11.3 Å². The van der Waals surface area contributed by atoms with Gasteiger partial charge in [-0.2, -0.15) is 5.26 Å². The van der Waals surface area contributed by atoms with Crippen molar-refractivity contribution in [2.75, 3.05) is 13.2 Å². The summed E-state index contributed by atoms with van der Waals surface area (Å²) in [6, 6.07) is 5.10. The lowest BCUT2D eigenvalue weighted by Crippen LogP contribution is -2.35. The van der Waals surface area contributed by atoms with Crippen molar-refractivity contribution in [2.24, 2.45) is 0 Å². The molecule has 0 aromatic carbocycles. The molecule has 1 fully saturated rings. The van der Waals surface area contributed by atoms with Crippen molar-refractivity contribution >= 4 is 5.91 Å². The van der Waals surface area contributed by atoms with Gasteiger partial charge in [0.2, 0.25) is 0 Å². The number of pyridine rings is 1. The van der Waals surface area contributed by atoms with E-state index in [-0.39, 0.29) is 12.0 Å². The highest BCUT2D eigenvalue weighted by Gasteiger charge is 2.15. The smallest absolute Gasteiger partial charge is 0.269 e. The first kappa shape index (κ1) is 12.5. The minimum atomic E-state index is -0.228. The Morgan fingerprint density at radius 1 is 1.56 bits per heavy atom. The highest BCUT2D eigenvalue weighted by Crippen LogP contribution is 2.11. The maximum Gasteiger partial charge on any atom is 0.269 e. The molecular formula is C13H15N3O2. The second kappa shape index (κ2) is 6.12. The molecule has 1 aliphatic rings. The maximum atomic E-state index is 11.8. The highest BCUT2D eigenvalue weighted by atomic mass is 16.5. The van der Waals surface area contributed by atoms with Crippen LogP contribution in [0.2, 0.25) is 0 Å². The van der Waals surface area contributed by atoms with Crippen LogP contribution in [0.4, 0.5) is 0 Å². The molecule has 18 heavy (non-hydrogen) atoms. The SMILES string of the molecule is N#Cc1ccc(C(=O)NCC2CCCCO2)nc1. The van der Waals surface area contributed by atoms with Crippen LogP contribution in [0.3, 0.4) is 0 Å². The molecule has 1 amide bonds. The van der Waals surface area contributed by atoms with E-state index in [1.165, 1.54) is 6.20 Å². The summed E-state index contributed by atoms with van der Waals surface area (Å²) in [6.07, 6.45) is 4.74. The summed E-state index contributed by atoms with van der Waals surface area (Å²) in [5.74, 6) is -0.228. The van der Waals surface area contributed by atoms with Gasteiger partial charge in [-0.15, -0.1) is 0 Å². The largest absolute Gasteiger partial charge is 0.376 e. The summed E-state index contributed by atoms with van der Waals surface area (Å²) in [7, 11) is 0. The predicted molar refractivity (Wildman–Crippen MR) is 64.9 cm³/mol. The molecule has 1 aromatic rings. The van der Waals surface area contributed by atoms with E-state index in [1.54, 1.807) is 12.1 Å². The molecule has 1 atom stereocenters. The van der Waals surface area contributed by atoms with Crippen molar-refractivity contribution < 1.29 is 9.53 Å². The van der Waals surface area contributed by atoms with E-state index in [4.69, 9.17) is 10.00 Å². The van der Waals surface area contributed by atoms with Crippen molar-refractivity contribution in [3.05, 3.63) is 29.6 Å². The van der Waals surface area contributed by atoms with Gasteiger partial charge in [0.05, 0.1) is 11.7 Å². The number of amides is 1. The van der Waals surface area contributed by atoms with Crippen LogP contribution in [0.1, 0.15) is 35.3 Å². The van der Waals surface area contributed by atoms with E-state index >= 15 is 0 Å². The second-order valence-corrected chi connectivity index (χ2v) is 4.24. The predicted octanol–water partition coefficient (Wildman–Crippen LogP) is 1.25. The molecule has 1 unspecified atom stereocenters. The molecule has 94 valence electrons. The third-order valence-electron chi connectivity index (χ3n) is 2.89. The average molecular weight is 245 g/mol. The Bertz CT molecular complexity index is 444. The van der Waals surface area contributed by atoms with Crippen LogP contribution >= 0.6 is 0 Å². The molecular weight excluding hydrogens is 230 g/mol. The van der Waals surface area contributed by atoms with Crippen LogP contribution in [-0.4, -0.2) is 30.1 Å². The maximum absolute atomic E-state index is 11.8. The van der Waals surface area contributed by atoms with Gasteiger partial charge in [-0.25, -0.2) is 4.98 Å². The van der Waals surface area contributed by atoms with Gasteiger partial charge in [0.15, 0.2) is 0 Å². The Labute approximate surface area is 106 Å². The van der Waals surface area contributed by atoms with Gasteiger partial charge < -0.3 is 10.1 Å². The zero-order chi connectivity index (χ0) is 12.8. The summed E-state index contributed by atoms with van der Waals surface area (Å²) in [4.78, 5) is 15.7. The zero-order valence-corrected chi connectivity index (χ0v) is 10.1. The molecule has 2 heterocycles. The molecule has 0 radical (unpaired) electrons. The van der Waals surface area contributed by atoms with Crippen molar-refractivity contribution in [2.45, 2.75) is 25.4 Å². The number of nitrogens with one attached hydrogen (secondary N) is 1. The van der Waals surface area contributed by atoms with Gasteiger partial charge in [-0.05, 0) is 31.4 Å². The third kappa shape index (κ3) is 3.28. The fraction of sp³-hybridized carbons (Fsp3) is 0.462.